The van der Waals surface area contributed by atoms with E-state index in [0.29, 0.717) is 22.4 Å². The van der Waals surface area contributed by atoms with Crippen molar-refractivity contribution in [3.63, 3.8) is 0 Å². The Hall–Kier alpha value is -3.16. The molecule has 0 atom stereocenters. The van der Waals surface area contributed by atoms with Crippen molar-refractivity contribution in [2.45, 2.75) is 6.92 Å². The minimum Gasteiger partial charge on any atom is -0.383 e. The summed E-state index contributed by atoms with van der Waals surface area (Å²) in [6.45, 7) is 5.71. The maximum Gasteiger partial charge on any atom is 0.228 e. The van der Waals surface area contributed by atoms with Crippen molar-refractivity contribution < 1.29 is 0 Å². The number of piperazine rings is 1. The molecule has 31 heavy (non-hydrogen) atoms. The number of aromatic nitrogens is 4. The van der Waals surface area contributed by atoms with E-state index in [0.717, 1.165) is 54.1 Å². The fraction of sp³-hybridized carbons (Fsp3) is 0.261. The third-order valence-electron chi connectivity index (χ3n) is 5.69. The van der Waals surface area contributed by atoms with Crippen molar-refractivity contribution in [3.8, 4) is 16.9 Å². The van der Waals surface area contributed by atoms with Crippen LogP contribution in [0.4, 0.5) is 11.8 Å². The Kier molecular flexibility index (Phi) is 5.00. The topological polar surface area (TPSA) is 76.1 Å². The molecule has 8 heteroatoms. The van der Waals surface area contributed by atoms with Crippen LogP contribution in [0.5, 0.6) is 0 Å². The molecule has 2 aromatic heterocycles. The van der Waals surface area contributed by atoms with Gasteiger partial charge in [0.2, 0.25) is 5.95 Å². The number of fused-ring (bicyclic) bond motifs is 1. The number of nitrogens with zero attached hydrogens (tertiary/aromatic N) is 6. The number of nitrogens with two attached hydrogens (primary N) is 1. The molecule has 3 heterocycles. The molecular weight excluding hydrogens is 410 g/mol. The predicted octanol–water partition coefficient (Wildman–Crippen LogP) is 3.78. The highest BCUT2D eigenvalue weighted by Crippen LogP contribution is 2.34. The average molecular weight is 434 g/mol. The van der Waals surface area contributed by atoms with Gasteiger partial charge in [0.05, 0.1) is 16.8 Å². The molecule has 0 amide bonds. The predicted molar refractivity (Wildman–Crippen MR) is 126 cm³/mol. The van der Waals surface area contributed by atoms with E-state index < -0.39 is 0 Å². The summed E-state index contributed by atoms with van der Waals surface area (Å²) in [5.74, 6) is 1.19. The zero-order valence-electron chi connectivity index (χ0n) is 17.6. The normalized spacial score (nSPS) is 15.0. The Morgan fingerprint density at radius 3 is 2.48 bits per heavy atom. The van der Waals surface area contributed by atoms with Crippen LogP contribution in [0.1, 0.15) is 5.56 Å². The lowest BCUT2D eigenvalue weighted by atomic mass is 10.1. The number of aryl methyl sites for hydroxylation is 1. The van der Waals surface area contributed by atoms with Crippen LogP contribution >= 0.6 is 11.6 Å². The van der Waals surface area contributed by atoms with Crippen LogP contribution in [0, 0.1) is 6.92 Å². The summed E-state index contributed by atoms with van der Waals surface area (Å²) < 4.78 is 1.74. The lowest BCUT2D eigenvalue weighted by molar-refractivity contribution is 0.311. The van der Waals surface area contributed by atoms with Gasteiger partial charge < -0.3 is 15.5 Å². The molecule has 1 aliphatic rings. The average Bonchev–Trinajstić information content (AvgIpc) is 3.10. The SMILES string of the molecule is Cc1cccc(-n2nc3nc(N4CCN(C)CC4)nc(-c4cccc(Cl)c4)c3c2N)c1. The van der Waals surface area contributed by atoms with Crippen LogP contribution in [0.15, 0.2) is 48.5 Å². The monoisotopic (exact) mass is 433 g/mol. The van der Waals surface area contributed by atoms with Gasteiger partial charge in [-0.2, -0.15) is 4.98 Å². The molecule has 0 saturated carbocycles. The first-order valence-electron chi connectivity index (χ1n) is 10.3. The lowest BCUT2D eigenvalue weighted by Crippen LogP contribution is -2.45. The number of likely N-dealkylation sites (N-methyl/N-ethyl adjacent to an activating group) is 1. The van der Waals surface area contributed by atoms with Gasteiger partial charge >= 0.3 is 0 Å². The number of anilines is 2. The molecule has 1 saturated heterocycles. The number of hydrogen-bond donors (Lipinski definition) is 1. The Bertz CT molecular complexity index is 1260. The summed E-state index contributed by atoms with van der Waals surface area (Å²) in [4.78, 5) is 14.3. The van der Waals surface area contributed by atoms with Crippen LogP contribution in [0.2, 0.25) is 5.02 Å². The largest absolute Gasteiger partial charge is 0.383 e. The van der Waals surface area contributed by atoms with Gasteiger partial charge in [-0.1, -0.05) is 35.9 Å². The summed E-state index contributed by atoms with van der Waals surface area (Å²) >= 11 is 6.30. The standard InChI is InChI=1S/C23H24ClN7/c1-15-5-3-8-18(13-15)31-21(25)19-20(16-6-4-7-17(24)14-16)26-23(27-22(19)28-31)30-11-9-29(2)10-12-30/h3-8,13-14H,9-12,25H2,1-2H3. The van der Waals surface area contributed by atoms with Crippen LogP contribution in [-0.4, -0.2) is 57.9 Å². The second-order valence-corrected chi connectivity index (χ2v) is 8.44. The zero-order chi connectivity index (χ0) is 21.5. The van der Waals surface area contributed by atoms with E-state index in [1.54, 1.807) is 4.68 Å². The molecule has 2 N–H and O–H groups in total. The molecule has 158 valence electrons. The van der Waals surface area contributed by atoms with E-state index >= 15 is 0 Å². The van der Waals surface area contributed by atoms with Crippen molar-refractivity contribution in [2.75, 3.05) is 43.9 Å². The number of hydrogen-bond acceptors (Lipinski definition) is 6. The van der Waals surface area contributed by atoms with Gasteiger partial charge in [0.15, 0.2) is 5.65 Å². The van der Waals surface area contributed by atoms with Crippen molar-refractivity contribution in [1.82, 2.24) is 24.6 Å². The van der Waals surface area contributed by atoms with E-state index in [4.69, 9.17) is 32.4 Å². The summed E-state index contributed by atoms with van der Waals surface area (Å²) in [5.41, 5.74) is 10.9. The lowest BCUT2D eigenvalue weighted by Gasteiger charge is -2.32. The third kappa shape index (κ3) is 3.71. The molecule has 0 spiro atoms. The van der Waals surface area contributed by atoms with Crippen LogP contribution in [0.3, 0.4) is 0 Å². The molecule has 1 fully saturated rings. The van der Waals surface area contributed by atoms with Crippen LogP contribution < -0.4 is 10.6 Å². The Morgan fingerprint density at radius 2 is 1.74 bits per heavy atom. The van der Waals surface area contributed by atoms with Gasteiger partial charge in [0, 0.05) is 36.8 Å². The van der Waals surface area contributed by atoms with E-state index in [1.807, 2.05) is 49.4 Å². The molecule has 1 aliphatic heterocycles. The summed E-state index contributed by atoms with van der Waals surface area (Å²) in [7, 11) is 2.13. The maximum absolute atomic E-state index is 6.61. The molecule has 0 unspecified atom stereocenters. The number of rotatable bonds is 3. The second-order valence-electron chi connectivity index (χ2n) is 8.01. The van der Waals surface area contributed by atoms with Crippen molar-refractivity contribution in [3.05, 3.63) is 59.1 Å². The fourth-order valence-electron chi connectivity index (χ4n) is 3.95. The van der Waals surface area contributed by atoms with E-state index in [-0.39, 0.29) is 0 Å². The summed E-state index contributed by atoms with van der Waals surface area (Å²) in [6.07, 6.45) is 0. The highest BCUT2D eigenvalue weighted by atomic mass is 35.5. The minimum atomic E-state index is 0.514. The first-order valence-corrected chi connectivity index (χ1v) is 10.7. The highest BCUT2D eigenvalue weighted by molar-refractivity contribution is 6.30. The molecule has 0 aliphatic carbocycles. The van der Waals surface area contributed by atoms with Crippen LogP contribution in [-0.2, 0) is 0 Å². The Balaban J connectivity index is 1.73. The minimum absolute atomic E-state index is 0.514. The molecule has 5 rings (SSSR count). The molecular formula is C23H24ClN7. The van der Waals surface area contributed by atoms with Gasteiger partial charge in [0.1, 0.15) is 5.82 Å². The quantitative estimate of drug-likeness (QED) is 0.530. The van der Waals surface area contributed by atoms with Gasteiger partial charge in [0.25, 0.3) is 0 Å². The van der Waals surface area contributed by atoms with Gasteiger partial charge in [-0.15, -0.1) is 5.10 Å². The molecule has 4 aromatic rings. The molecule has 0 radical (unpaired) electrons. The molecule has 2 aromatic carbocycles. The van der Waals surface area contributed by atoms with E-state index in [1.165, 1.54) is 0 Å². The Morgan fingerprint density at radius 1 is 0.968 bits per heavy atom. The van der Waals surface area contributed by atoms with Crippen molar-refractivity contribution >= 4 is 34.4 Å². The smallest absolute Gasteiger partial charge is 0.228 e. The van der Waals surface area contributed by atoms with Gasteiger partial charge in [-0.25, -0.2) is 9.67 Å². The molecule has 0 bridgehead atoms. The third-order valence-corrected chi connectivity index (χ3v) is 5.92. The van der Waals surface area contributed by atoms with Crippen molar-refractivity contribution in [2.24, 2.45) is 0 Å². The number of benzene rings is 2. The van der Waals surface area contributed by atoms with Crippen LogP contribution in [0.25, 0.3) is 28.0 Å². The highest BCUT2D eigenvalue weighted by Gasteiger charge is 2.23. The fourth-order valence-corrected chi connectivity index (χ4v) is 4.14. The first-order chi connectivity index (χ1) is 15.0. The van der Waals surface area contributed by atoms with E-state index in [2.05, 4.69) is 22.9 Å². The van der Waals surface area contributed by atoms with Gasteiger partial charge in [-0.05, 0) is 43.8 Å². The zero-order valence-corrected chi connectivity index (χ0v) is 18.3. The second kappa shape index (κ2) is 7.83. The van der Waals surface area contributed by atoms with E-state index in [9.17, 15) is 0 Å². The van der Waals surface area contributed by atoms with Crippen molar-refractivity contribution in [1.29, 1.82) is 0 Å². The first kappa shape index (κ1) is 19.8. The summed E-state index contributed by atoms with van der Waals surface area (Å²) in [6, 6.07) is 15.7. The Labute approximate surface area is 186 Å². The molecule has 7 nitrogen and oxygen atoms in total. The van der Waals surface area contributed by atoms with Gasteiger partial charge in [-0.3, -0.25) is 0 Å². The summed E-state index contributed by atoms with van der Waals surface area (Å²) in [5, 5.41) is 6.16. The number of nitrogen functional groups attached to an aromatic ring is 1. The maximum atomic E-state index is 6.61. The number of halogens is 1.